The number of carbonyl (C=O) groups excluding carboxylic acids is 2. The zero-order valence-electron chi connectivity index (χ0n) is 9.42. The summed E-state index contributed by atoms with van der Waals surface area (Å²) in [5, 5.41) is 5.02. The highest BCUT2D eigenvalue weighted by atomic mass is 16.3. The minimum absolute atomic E-state index is 0.124. The molecule has 2 amide bonds. The van der Waals surface area contributed by atoms with Crippen molar-refractivity contribution in [1.29, 1.82) is 0 Å². The number of pyridine rings is 1. The maximum absolute atomic E-state index is 11.5. The Bertz CT molecular complexity index is 523. The molecular formula is C12H11N3O3. The van der Waals surface area contributed by atoms with Gasteiger partial charge in [-0.2, -0.15) is 0 Å². The average Bonchev–Trinajstić information content (AvgIpc) is 2.91. The number of hydrogen-bond acceptors (Lipinski definition) is 4. The van der Waals surface area contributed by atoms with Crippen molar-refractivity contribution < 1.29 is 14.0 Å². The van der Waals surface area contributed by atoms with Crippen molar-refractivity contribution >= 4 is 17.6 Å². The summed E-state index contributed by atoms with van der Waals surface area (Å²) in [6.45, 7) is -0.124. The van der Waals surface area contributed by atoms with Gasteiger partial charge in [0.1, 0.15) is 12.1 Å². The molecule has 0 radical (unpaired) electrons. The lowest BCUT2D eigenvalue weighted by Gasteiger charge is -2.04. The molecule has 0 fully saturated rings. The third-order valence-electron chi connectivity index (χ3n) is 2.13. The molecule has 0 bridgehead atoms. The van der Waals surface area contributed by atoms with Crippen molar-refractivity contribution in [3.8, 4) is 0 Å². The first kappa shape index (κ1) is 11.8. The van der Waals surface area contributed by atoms with Crippen LogP contribution in [0.5, 0.6) is 0 Å². The monoisotopic (exact) mass is 245 g/mol. The number of amides is 2. The molecule has 2 heterocycles. The first-order valence-electron chi connectivity index (χ1n) is 5.27. The fraction of sp³-hybridized carbons (Fsp3) is 0.0833. The Labute approximate surface area is 103 Å². The fourth-order valence-electron chi connectivity index (χ4n) is 1.28. The molecule has 6 nitrogen and oxygen atoms in total. The molecule has 2 N–H and O–H groups in total. The number of carbonyl (C=O) groups is 2. The summed E-state index contributed by atoms with van der Waals surface area (Å²) in [6, 6.07) is 6.69. The van der Waals surface area contributed by atoms with E-state index in [1.807, 2.05) is 0 Å². The van der Waals surface area contributed by atoms with E-state index in [1.165, 1.54) is 18.6 Å². The van der Waals surface area contributed by atoms with E-state index in [2.05, 4.69) is 15.6 Å². The predicted molar refractivity (Wildman–Crippen MR) is 63.9 cm³/mol. The van der Waals surface area contributed by atoms with Crippen molar-refractivity contribution in [3.05, 3.63) is 48.6 Å². The quantitative estimate of drug-likeness (QED) is 0.843. The molecular weight excluding hydrogens is 234 g/mol. The molecule has 0 atom stereocenters. The largest absolute Gasteiger partial charge is 0.472 e. The van der Waals surface area contributed by atoms with Gasteiger partial charge in [0.25, 0.3) is 5.91 Å². The number of rotatable bonds is 4. The summed E-state index contributed by atoms with van der Waals surface area (Å²) in [5.74, 6) is -0.259. The van der Waals surface area contributed by atoms with Gasteiger partial charge in [0.2, 0.25) is 5.91 Å². The number of nitrogens with zero attached hydrogens (tertiary/aromatic N) is 1. The Hall–Kier alpha value is -2.63. The second-order valence-corrected chi connectivity index (χ2v) is 3.46. The molecule has 92 valence electrons. The van der Waals surface area contributed by atoms with E-state index in [-0.39, 0.29) is 18.4 Å². The first-order valence-corrected chi connectivity index (χ1v) is 5.27. The van der Waals surface area contributed by atoms with Gasteiger partial charge in [-0.05, 0) is 18.2 Å². The van der Waals surface area contributed by atoms with Crippen LogP contribution in [0.2, 0.25) is 0 Å². The van der Waals surface area contributed by atoms with Crippen LogP contribution in [0.1, 0.15) is 10.4 Å². The van der Waals surface area contributed by atoms with Crippen LogP contribution in [0.4, 0.5) is 5.82 Å². The minimum atomic E-state index is -0.361. The SMILES string of the molecule is O=C(CNC(=O)c1ccoc1)Nc1ccccn1. The fourth-order valence-corrected chi connectivity index (χ4v) is 1.28. The van der Waals surface area contributed by atoms with Gasteiger partial charge in [-0.15, -0.1) is 0 Å². The number of nitrogens with one attached hydrogen (secondary N) is 2. The van der Waals surface area contributed by atoms with E-state index in [0.29, 0.717) is 11.4 Å². The lowest BCUT2D eigenvalue weighted by molar-refractivity contribution is -0.115. The van der Waals surface area contributed by atoms with Crippen LogP contribution in [0.25, 0.3) is 0 Å². The van der Waals surface area contributed by atoms with E-state index < -0.39 is 0 Å². The lowest BCUT2D eigenvalue weighted by Crippen LogP contribution is -2.32. The van der Waals surface area contributed by atoms with Gasteiger partial charge in [-0.25, -0.2) is 4.98 Å². The average molecular weight is 245 g/mol. The van der Waals surface area contributed by atoms with E-state index >= 15 is 0 Å². The van der Waals surface area contributed by atoms with Crippen molar-refractivity contribution in [2.45, 2.75) is 0 Å². The summed E-state index contributed by atoms with van der Waals surface area (Å²) in [4.78, 5) is 26.9. The minimum Gasteiger partial charge on any atom is -0.472 e. The predicted octanol–water partition coefficient (Wildman–Crippen LogP) is 1.04. The lowest BCUT2D eigenvalue weighted by atomic mass is 10.3. The van der Waals surface area contributed by atoms with E-state index in [4.69, 9.17) is 4.42 Å². The van der Waals surface area contributed by atoms with Crippen LogP contribution in [0, 0.1) is 0 Å². The first-order chi connectivity index (χ1) is 8.75. The highest BCUT2D eigenvalue weighted by Crippen LogP contribution is 2.00. The number of aromatic nitrogens is 1. The number of furan rings is 1. The van der Waals surface area contributed by atoms with Gasteiger partial charge in [0, 0.05) is 6.20 Å². The zero-order chi connectivity index (χ0) is 12.8. The molecule has 0 saturated heterocycles. The van der Waals surface area contributed by atoms with Crippen molar-refractivity contribution in [2.24, 2.45) is 0 Å². The Balaban J connectivity index is 1.80. The highest BCUT2D eigenvalue weighted by molar-refractivity contribution is 5.98. The zero-order valence-corrected chi connectivity index (χ0v) is 9.42. The van der Waals surface area contributed by atoms with Gasteiger partial charge in [0.15, 0.2) is 0 Å². The van der Waals surface area contributed by atoms with Crippen LogP contribution < -0.4 is 10.6 Å². The third-order valence-corrected chi connectivity index (χ3v) is 2.13. The van der Waals surface area contributed by atoms with Gasteiger partial charge in [-0.1, -0.05) is 6.07 Å². The van der Waals surface area contributed by atoms with Gasteiger partial charge in [-0.3, -0.25) is 9.59 Å². The highest BCUT2D eigenvalue weighted by Gasteiger charge is 2.09. The Morgan fingerprint density at radius 1 is 1.28 bits per heavy atom. The number of hydrogen-bond donors (Lipinski definition) is 2. The Kier molecular flexibility index (Phi) is 3.70. The summed E-state index contributed by atoms with van der Waals surface area (Å²) in [5.41, 5.74) is 0.376. The molecule has 2 aromatic rings. The topological polar surface area (TPSA) is 84.2 Å². The maximum Gasteiger partial charge on any atom is 0.254 e. The second-order valence-electron chi connectivity index (χ2n) is 3.46. The van der Waals surface area contributed by atoms with Crippen LogP contribution in [0.15, 0.2) is 47.4 Å². The van der Waals surface area contributed by atoms with E-state index in [0.717, 1.165) is 0 Å². The second kappa shape index (κ2) is 5.62. The van der Waals surface area contributed by atoms with Gasteiger partial charge < -0.3 is 15.1 Å². The standard InChI is InChI=1S/C12H11N3O3/c16-11(15-10-3-1-2-5-13-10)7-14-12(17)9-4-6-18-8-9/h1-6,8H,7H2,(H,14,17)(H,13,15,16). The summed E-state index contributed by atoms with van der Waals surface area (Å²) >= 11 is 0. The smallest absolute Gasteiger partial charge is 0.254 e. The number of anilines is 1. The third kappa shape index (κ3) is 3.18. The Morgan fingerprint density at radius 3 is 2.83 bits per heavy atom. The van der Waals surface area contributed by atoms with Crippen molar-refractivity contribution in [1.82, 2.24) is 10.3 Å². The Morgan fingerprint density at radius 2 is 2.17 bits per heavy atom. The molecule has 0 aliphatic rings. The maximum atomic E-state index is 11.5. The molecule has 18 heavy (non-hydrogen) atoms. The molecule has 2 rings (SSSR count). The van der Waals surface area contributed by atoms with Crippen LogP contribution in [-0.2, 0) is 4.79 Å². The van der Waals surface area contributed by atoms with Crippen LogP contribution in [0.3, 0.4) is 0 Å². The molecule has 0 aromatic carbocycles. The molecule has 0 spiro atoms. The molecule has 0 aliphatic heterocycles. The van der Waals surface area contributed by atoms with Crippen LogP contribution in [-0.4, -0.2) is 23.3 Å². The normalized spacial score (nSPS) is 9.78. The van der Waals surface area contributed by atoms with Gasteiger partial charge in [0.05, 0.1) is 18.4 Å². The molecule has 6 heteroatoms. The van der Waals surface area contributed by atoms with E-state index in [1.54, 1.807) is 24.4 Å². The summed E-state index contributed by atoms with van der Waals surface area (Å²) in [6.07, 6.45) is 4.27. The van der Waals surface area contributed by atoms with Crippen molar-refractivity contribution in [2.75, 3.05) is 11.9 Å². The van der Waals surface area contributed by atoms with Crippen LogP contribution >= 0.6 is 0 Å². The molecule has 2 aromatic heterocycles. The molecule has 0 unspecified atom stereocenters. The summed E-state index contributed by atoms with van der Waals surface area (Å²) < 4.78 is 4.77. The van der Waals surface area contributed by atoms with E-state index in [9.17, 15) is 9.59 Å². The van der Waals surface area contributed by atoms with Crippen molar-refractivity contribution in [3.63, 3.8) is 0 Å². The molecule has 0 aliphatic carbocycles. The summed E-state index contributed by atoms with van der Waals surface area (Å²) in [7, 11) is 0. The van der Waals surface area contributed by atoms with Gasteiger partial charge >= 0.3 is 0 Å². The molecule has 0 saturated carbocycles.